The molecule has 0 aromatic carbocycles. The molecule has 2 saturated heterocycles. The largest absolute Gasteiger partial charge is 0.462 e. The van der Waals surface area contributed by atoms with E-state index in [4.69, 9.17) is 14.2 Å². The van der Waals surface area contributed by atoms with E-state index in [2.05, 4.69) is 34.6 Å². The maximum absolute atomic E-state index is 14.2. The van der Waals surface area contributed by atoms with Crippen molar-refractivity contribution in [2.45, 2.75) is 143 Å². The Bertz CT molecular complexity index is 1310. The van der Waals surface area contributed by atoms with Crippen molar-refractivity contribution < 1.29 is 43.0 Å². The molecule has 2 aliphatic heterocycles. The van der Waals surface area contributed by atoms with E-state index in [9.17, 15) is 28.8 Å². The lowest BCUT2D eigenvalue weighted by Gasteiger charge is -2.60. The summed E-state index contributed by atoms with van der Waals surface area (Å²) in [7, 11) is 0. The van der Waals surface area contributed by atoms with Crippen LogP contribution in [0.25, 0.3) is 0 Å². The number of Topliss-reactive ketones (excluding diaryl/α,β-unsaturated/α-hetero) is 1. The normalized spacial score (nSPS) is 21.7. The fraction of sp³-hybridized carbons (Fsp3) is 0.846. The molecule has 0 aromatic rings. The molecule has 2 rings (SSSR count). The molecule has 4 atom stereocenters. The topological polar surface area (TPSA) is 133 Å². The number of carbonyl (C=O) groups is 6. The Morgan fingerprint density at radius 3 is 1.69 bits per heavy atom. The molecule has 0 saturated carbocycles. The number of carbonyl (C=O) groups excluding carboxylic acids is 6. The molecule has 49 heavy (non-hydrogen) atoms. The van der Waals surface area contributed by atoms with Crippen LogP contribution in [-0.4, -0.2) is 66.3 Å². The first-order chi connectivity index (χ1) is 21.9. The molecule has 2 heterocycles. The minimum absolute atomic E-state index is 0.106. The molecule has 0 radical (unpaired) electrons. The number of amides is 1. The summed E-state index contributed by atoms with van der Waals surface area (Å²) in [6.07, 6.45) is 1.63. The molecule has 2 fully saturated rings. The first-order valence-corrected chi connectivity index (χ1v) is 17.8. The third-order valence-electron chi connectivity index (χ3n) is 13.1. The SMILES string of the molecule is CC(=O)CC(=O)OCCOC(=O)C(C)(C(C)(C)C)C(C)(C)C(C)(C)C1C(=O)OC(=O)C1C(C)(C)C(C)(C)C(CC(C)(C)C)N1CCCC1=O. The number of ether oxygens (including phenoxy) is 3. The van der Waals surface area contributed by atoms with Crippen LogP contribution < -0.4 is 0 Å². The van der Waals surface area contributed by atoms with E-state index in [1.165, 1.54) is 6.92 Å². The molecule has 0 aliphatic carbocycles. The van der Waals surface area contributed by atoms with E-state index in [1.807, 2.05) is 74.1 Å². The maximum Gasteiger partial charge on any atom is 0.318 e. The second kappa shape index (κ2) is 14.1. The van der Waals surface area contributed by atoms with Gasteiger partial charge in [0.25, 0.3) is 0 Å². The van der Waals surface area contributed by atoms with E-state index >= 15 is 0 Å². The summed E-state index contributed by atoms with van der Waals surface area (Å²) in [6, 6.07) is -0.197. The second-order valence-corrected chi connectivity index (χ2v) is 19.1. The third-order valence-corrected chi connectivity index (χ3v) is 13.1. The van der Waals surface area contributed by atoms with Gasteiger partial charge < -0.3 is 19.1 Å². The number of rotatable bonds is 14. The molecular formula is C39H65NO9. The number of hydrogen-bond donors (Lipinski definition) is 0. The van der Waals surface area contributed by atoms with Crippen LogP contribution in [0.5, 0.6) is 0 Å². The Hall–Kier alpha value is -2.78. The van der Waals surface area contributed by atoms with Crippen LogP contribution in [0.4, 0.5) is 0 Å². The monoisotopic (exact) mass is 691 g/mol. The van der Waals surface area contributed by atoms with E-state index < -0.39 is 68.2 Å². The summed E-state index contributed by atoms with van der Waals surface area (Å²) in [5, 5.41) is 0. The van der Waals surface area contributed by atoms with Crippen LogP contribution in [0, 0.1) is 49.7 Å². The van der Waals surface area contributed by atoms with Crippen molar-refractivity contribution in [2.75, 3.05) is 19.8 Å². The van der Waals surface area contributed by atoms with Gasteiger partial charge in [-0.2, -0.15) is 0 Å². The lowest BCUT2D eigenvalue weighted by atomic mass is 9.42. The number of hydrogen-bond acceptors (Lipinski definition) is 9. The number of cyclic esters (lactones) is 2. The minimum Gasteiger partial charge on any atom is -0.462 e. The van der Waals surface area contributed by atoms with Gasteiger partial charge in [-0.1, -0.05) is 96.9 Å². The van der Waals surface area contributed by atoms with E-state index in [0.717, 1.165) is 6.42 Å². The van der Waals surface area contributed by atoms with Crippen LogP contribution in [0.2, 0.25) is 0 Å². The van der Waals surface area contributed by atoms with Crippen molar-refractivity contribution in [1.29, 1.82) is 0 Å². The summed E-state index contributed by atoms with van der Waals surface area (Å²) in [5.41, 5.74) is -5.50. The van der Waals surface area contributed by atoms with Crippen molar-refractivity contribution in [3.05, 3.63) is 0 Å². The van der Waals surface area contributed by atoms with Gasteiger partial charge in [0.05, 0.1) is 17.3 Å². The van der Waals surface area contributed by atoms with Gasteiger partial charge >= 0.3 is 23.9 Å². The molecule has 0 aromatic heterocycles. The highest BCUT2D eigenvalue weighted by atomic mass is 16.6. The molecule has 280 valence electrons. The number of likely N-dealkylation sites (tertiary alicyclic amines) is 1. The standard InChI is InChI=1S/C39H65NO9/c1-24(41)22-27(43)47-20-21-48-32(46)39(16,34(5,6)7)38(14,15)37(12,13)29-28(30(44)49-31(29)45)36(10,11)35(8,9)25(23-33(2,3)4)40-19-17-18-26(40)42/h25,28-29H,17-23H2,1-16H3. The van der Waals surface area contributed by atoms with Gasteiger partial charge in [0.15, 0.2) is 0 Å². The Labute approximate surface area is 295 Å². The molecule has 4 unspecified atom stereocenters. The lowest BCUT2D eigenvalue weighted by molar-refractivity contribution is -0.196. The molecule has 1 amide bonds. The number of esters is 4. The fourth-order valence-electron chi connectivity index (χ4n) is 8.31. The van der Waals surface area contributed by atoms with Crippen molar-refractivity contribution in [1.82, 2.24) is 4.90 Å². The number of nitrogens with zero attached hydrogens (tertiary/aromatic N) is 1. The Kier molecular flexibility index (Phi) is 12.2. The van der Waals surface area contributed by atoms with Gasteiger partial charge in [0.1, 0.15) is 25.4 Å². The van der Waals surface area contributed by atoms with Crippen molar-refractivity contribution in [3.63, 3.8) is 0 Å². The van der Waals surface area contributed by atoms with Crippen molar-refractivity contribution in [2.24, 2.45) is 49.7 Å². The predicted octanol–water partition coefficient (Wildman–Crippen LogP) is 6.95. The Balaban J connectivity index is 2.61. The van der Waals surface area contributed by atoms with Gasteiger partial charge in [-0.3, -0.25) is 28.8 Å². The predicted molar refractivity (Wildman–Crippen MR) is 187 cm³/mol. The highest BCUT2D eigenvalue weighted by Crippen LogP contribution is 2.66. The lowest BCUT2D eigenvalue weighted by Crippen LogP contribution is -2.62. The first kappa shape index (κ1) is 42.4. The van der Waals surface area contributed by atoms with Crippen LogP contribution >= 0.6 is 0 Å². The molecule has 2 aliphatic rings. The second-order valence-electron chi connectivity index (χ2n) is 19.1. The van der Waals surface area contributed by atoms with E-state index in [-0.39, 0.29) is 42.8 Å². The highest BCUT2D eigenvalue weighted by Gasteiger charge is 2.69. The van der Waals surface area contributed by atoms with Gasteiger partial charge in [-0.25, -0.2) is 0 Å². The molecular weight excluding hydrogens is 626 g/mol. The zero-order valence-electron chi connectivity index (χ0n) is 33.3. The molecule has 0 bridgehead atoms. The summed E-state index contributed by atoms with van der Waals surface area (Å²) >= 11 is 0. The maximum atomic E-state index is 14.2. The van der Waals surface area contributed by atoms with Gasteiger partial charge in [-0.05, 0) is 59.2 Å². The summed E-state index contributed by atoms with van der Waals surface area (Å²) in [4.78, 5) is 80.4. The first-order valence-electron chi connectivity index (χ1n) is 17.8. The van der Waals surface area contributed by atoms with E-state index in [1.54, 1.807) is 0 Å². The van der Waals surface area contributed by atoms with Gasteiger partial charge in [0.2, 0.25) is 5.91 Å². The van der Waals surface area contributed by atoms with Crippen LogP contribution in [0.1, 0.15) is 136 Å². The Morgan fingerprint density at radius 1 is 0.776 bits per heavy atom. The zero-order valence-corrected chi connectivity index (χ0v) is 33.3. The highest BCUT2D eigenvalue weighted by molar-refractivity contribution is 5.97. The average molecular weight is 692 g/mol. The van der Waals surface area contributed by atoms with Crippen molar-refractivity contribution in [3.8, 4) is 0 Å². The molecule has 10 heteroatoms. The summed E-state index contributed by atoms with van der Waals surface area (Å²) in [5.74, 6) is -4.45. The Morgan fingerprint density at radius 2 is 1.27 bits per heavy atom. The quantitative estimate of drug-likeness (QED) is 0.0821. The van der Waals surface area contributed by atoms with E-state index in [0.29, 0.717) is 19.4 Å². The van der Waals surface area contributed by atoms with Gasteiger partial charge in [0, 0.05) is 19.0 Å². The zero-order chi connectivity index (χ0) is 38.3. The molecule has 10 nitrogen and oxygen atoms in total. The number of ketones is 1. The summed E-state index contributed by atoms with van der Waals surface area (Å²) < 4.78 is 16.3. The third kappa shape index (κ3) is 7.93. The van der Waals surface area contributed by atoms with Crippen molar-refractivity contribution >= 4 is 35.6 Å². The molecule has 0 spiro atoms. The summed E-state index contributed by atoms with van der Waals surface area (Å²) in [6.45, 7) is 31.5. The van der Waals surface area contributed by atoms with Crippen LogP contribution in [-0.2, 0) is 43.0 Å². The minimum atomic E-state index is -1.22. The fourth-order valence-corrected chi connectivity index (χ4v) is 8.31. The average Bonchev–Trinajstić information content (AvgIpc) is 3.48. The smallest absolute Gasteiger partial charge is 0.318 e. The molecule has 0 N–H and O–H groups in total. The van der Waals surface area contributed by atoms with Gasteiger partial charge in [-0.15, -0.1) is 0 Å². The van der Waals surface area contributed by atoms with Crippen LogP contribution in [0.3, 0.4) is 0 Å². The van der Waals surface area contributed by atoms with Crippen LogP contribution in [0.15, 0.2) is 0 Å².